The number of imidazole rings is 1. The Morgan fingerprint density at radius 1 is 1.40 bits per heavy atom. The molecule has 0 bridgehead atoms. The minimum Gasteiger partial charge on any atom is -0.433 e. The lowest BCUT2D eigenvalue weighted by Crippen LogP contribution is -2.44. The highest BCUT2D eigenvalue weighted by molar-refractivity contribution is 7.15. The van der Waals surface area contributed by atoms with E-state index in [1.807, 2.05) is 41.2 Å². The fraction of sp³-hybridized carbons (Fsp3) is 0.400. The summed E-state index contributed by atoms with van der Waals surface area (Å²) in [7, 11) is 0. The Kier molecular flexibility index (Phi) is 6.32. The van der Waals surface area contributed by atoms with Gasteiger partial charge in [-0.25, -0.2) is 9.98 Å². The second-order valence-corrected chi connectivity index (χ2v) is 7.82. The van der Waals surface area contributed by atoms with E-state index in [1.165, 1.54) is 0 Å². The summed E-state index contributed by atoms with van der Waals surface area (Å²) in [6.45, 7) is 1.82. The molecule has 2 N–H and O–H groups in total. The number of thiazole rings is 1. The van der Waals surface area contributed by atoms with Crippen LogP contribution >= 0.6 is 11.3 Å². The van der Waals surface area contributed by atoms with E-state index >= 15 is 0 Å². The molecule has 1 aromatic carbocycles. The van der Waals surface area contributed by atoms with Crippen molar-refractivity contribution >= 4 is 27.9 Å². The van der Waals surface area contributed by atoms with Crippen molar-refractivity contribution in [2.75, 3.05) is 24.5 Å². The van der Waals surface area contributed by atoms with Gasteiger partial charge in [-0.3, -0.25) is 4.40 Å². The number of hydrogen-bond donors (Lipinski definition) is 2. The average molecular weight is 435 g/mol. The van der Waals surface area contributed by atoms with Gasteiger partial charge in [0.2, 0.25) is 0 Å². The van der Waals surface area contributed by atoms with Crippen molar-refractivity contribution in [3.05, 3.63) is 47.7 Å². The first kappa shape index (κ1) is 20.4. The van der Waals surface area contributed by atoms with Crippen LogP contribution in [0.1, 0.15) is 19.0 Å². The van der Waals surface area contributed by atoms with Crippen LogP contribution in [-0.4, -0.2) is 47.6 Å². The zero-order valence-corrected chi connectivity index (χ0v) is 17.4. The van der Waals surface area contributed by atoms with Gasteiger partial charge < -0.3 is 20.3 Å². The number of fused-ring (bicyclic) bond motifs is 1. The molecule has 3 aromatic rings. The zero-order chi connectivity index (χ0) is 20.9. The molecule has 0 aliphatic carbocycles. The van der Waals surface area contributed by atoms with Crippen LogP contribution in [0.2, 0.25) is 0 Å². The molecular formula is C20H24F2N6OS. The number of anilines is 1. The summed E-state index contributed by atoms with van der Waals surface area (Å²) in [6.07, 6.45) is 4.83. The number of alkyl halides is 2. The van der Waals surface area contributed by atoms with Gasteiger partial charge in [-0.1, -0.05) is 12.1 Å². The Morgan fingerprint density at radius 2 is 2.27 bits per heavy atom. The quantitative estimate of drug-likeness (QED) is 0.441. The predicted molar refractivity (Wildman–Crippen MR) is 115 cm³/mol. The summed E-state index contributed by atoms with van der Waals surface area (Å²) in [4.78, 5) is 12.2. The van der Waals surface area contributed by atoms with Crippen molar-refractivity contribution in [3.63, 3.8) is 0 Å². The number of nitrogens with one attached hydrogen (secondary N) is 2. The first-order valence-corrected chi connectivity index (χ1v) is 10.7. The maximum absolute atomic E-state index is 12.7. The van der Waals surface area contributed by atoms with Gasteiger partial charge in [-0.15, -0.1) is 11.3 Å². The van der Waals surface area contributed by atoms with Gasteiger partial charge in [0.25, 0.3) is 0 Å². The number of halogens is 2. The molecular weight excluding hydrogens is 410 g/mol. The number of para-hydroxylation sites is 2. The van der Waals surface area contributed by atoms with Crippen molar-refractivity contribution in [2.24, 2.45) is 4.99 Å². The highest BCUT2D eigenvalue weighted by atomic mass is 32.1. The lowest BCUT2D eigenvalue weighted by molar-refractivity contribution is -0.0495. The molecule has 0 amide bonds. The highest BCUT2D eigenvalue weighted by Crippen LogP contribution is 2.31. The topological polar surface area (TPSA) is 66.2 Å². The number of nitrogens with zero attached hydrogens (tertiary/aromatic N) is 4. The van der Waals surface area contributed by atoms with Crippen molar-refractivity contribution in [1.82, 2.24) is 20.0 Å². The fourth-order valence-electron chi connectivity index (χ4n) is 3.54. The predicted octanol–water partition coefficient (Wildman–Crippen LogP) is 3.33. The van der Waals surface area contributed by atoms with Gasteiger partial charge in [-0.05, 0) is 25.5 Å². The molecule has 1 aliphatic rings. The van der Waals surface area contributed by atoms with Gasteiger partial charge in [0.05, 0.1) is 17.9 Å². The van der Waals surface area contributed by atoms with Crippen molar-refractivity contribution in [3.8, 4) is 5.75 Å². The normalized spacial score (nSPS) is 17.1. The Hall–Kier alpha value is -2.88. The molecule has 2 aromatic heterocycles. The SMILES string of the molecule is CCNC(=NCc1cn2ccsc2n1)NC1CCN(c2ccccc2OC(F)F)C1. The summed E-state index contributed by atoms with van der Waals surface area (Å²) < 4.78 is 32.1. The van der Waals surface area contributed by atoms with Crippen LogP contribution in [0.5, 0.6) is 5.75 Å². The number of guanidine groups is 1. The molecule has 1 fully saturated rings. The van der Waals surface area contributed by atoms with Crippen molar-refractivity contribution in [1.29, 1.82) is 0 Å². The molecule has 3 heterocycles. The third-order valence-corrected chi connectivity index (χ3v) is 5.61. The molecule has 4 rings (SSSR count). The monoisotopic (exact) mass is 434 g/mol. The molecule has 1 aliphatic heterocycles. The van der Waals surface area contributed by atoms with Crippen LogP contribution < -0.4 is 20.3 Å². The Labute approximate surface area is 177 Å². The second kappa shape index (κ2) is 9.29. The van der Waals surface area contributed by atoms with E-state index in [1.54, 1.807) is 23.5 Å². The number of benzene rings is 1. The van der Waals surface area contributed by atoms with Crippen LogP contribution in [0, 0.1) is 0 Å². The third kappa shape index (κ3) is 4.81. The molecule has 7 nitrogen and oxygen atoms in total. The minimum absolute atomic E-state index is 0.146. The molecule has 0 saturated carbocycles. The van der Waals surface area contributed by atoms with Crippen LogP contribution in [0.4, 0.5) is 14.5 Å². The van der Waals surface area contributed by atoms with E-state index in [2.05, 4.69) is 30.2 Å². The molecule has 1 saturated heterocycles. The smallest absolute Gasteiger partial charge is 0.387 e. The molecule has 10 heteroatoms. The van der Waals surface area contributed by atoms with Gasteiger partial charge in [0, 0.05) is 43.4 Å². The number of aromatic nitrogens is 2. The van der Waals surface area contributed by atoms with Crippen molar-refractivity contribution in [2.45, 2.75) is 32.5 Å². The van der Waals surface area contributed by atoms with Gasteiger partial charge in [0.15, 0.2) is 10.9 Å². The number of hydrogen-bond acceptors (Lipinski definition) is 5. The van der Waals surface area contributed by atoms with Crippen LogP contribution in [0.25, 0.3) is 4.96 Å². The number of rotatable bonds is 7. The highest BCUT2D eigenvalue weighted by Gasteiger charge is 2.26. The van der Waals surface area contributed by atoms with Crippen LogP contribution in [-0.2, 0) is 6.54 Å². The maximum Gasteiger partial charge on any atom is 0.387 e. The molecule has 0 spiro atoms. The van der Waals surface area contributed by atoms with Gasteiger partial charge in [-0.2, -0.15) is 8.78 Å². The summed E-state index contributed by atoms with van der Waals surface area (Å²) in [5.74, 6) is 0.922. The Balaban J connectivity index is 1.39. The van der Waals surface area contributed by atoms with E-state index < -0.39 is 6.61 Å². The third-order valence-electron chi connectivity index (χ3n) is 4.84. The lowest BCUT2D eigenvalue weighted by Gasteiger charge is -2.22. The number of aliphatic imine (C=N–C) groups is 1. The lowest BCUT2D eigenvalue weighted by atomic mass is 10.2. The fourth-order valence-corrected chi connectivity index (χ4v) is 4.26. The van der Waals surface area contributed by atoms with Crippen LogP contribution in [0.3, 0.4) is 0 Å². The summed E-state index contributed by atoms with van der Waals surface area (Å²) in [5, 5.41) is 8.71. The molecule has 30 heavy (non-hydrogen) atoms. The molecule has 0 radical (unpaired) electrons. The maximum atomic E-state index is 12.7. The Morgan fingerprint density at radius 3 is 3.07 bits per heavy atom. The summed E-state index contributed by atoms with van der Waals surface area (Å²) in [6, 6.07) is 7.05. The zero-order valence-electron chi connectivity index (χ0n) is 16.6. The average Bonchev–Trinajstić information content (AvgIpc) is 3.42. The molecule has 1 unspecified atom stereocenters. The molecule has 160 valence electrons. The number of ether oxygens (including phenoxy) is 1. The standard InChI is InChI=1S/C20H24F2N6OS/c1-2-23-19(24-11-15-13-28-9-10-30-20(28)26-15)25-14-7-8-27(12-14)16-5-3-4-6-17(16)29-18(21)22/h3-6,9-10,13-14,18H,2,7-8,11-12H2,1H3,(H2,23,24,25). The first-order valence-electron chi connectivity index (χ1n) is 9.87. The first-order chi connectivity index (χ1) is 14.6. The minimum atomic E-state index is -2.84. The largest absolute Gasteiger partial charge is 0.433 e. The van der Waals surface area contributed by atoms with E-state index in [-0.39, 0.29) is 11.8 Å². The summed E-state index contributed by atoms with van der Waals surface area (Å²) >= 11 is 1.59. The van der Waals surface area contributed by atoms with Gasteiger partial charge >= 0.3 is 6.61 Å². The summed E-state index contributed by atoms with van der Waals surface area (Å²) in [5.41, 5.74) is 1.59. The van der Waals surface area contributed by atoms with E-state index in [9.17, 15) is 8.78 Å². The second-order valence-electron chi connectivity index (χ2n) is 6.94. The van der Waals surface area contributed by atoms with E-state index in [0.717, 1.165) is 36.1 Å². The van der Waals surface area contributed by atoms with E-state index in [0.29, 0.717) is 18.8 Å². The van der Waals surface area contributed by atoms with E-state index in [4.69, 9.17) is 0 Å². The van der Waals surface area contributed by atoms with Gasteiger partial charge in [0.1, 0.15) is 5.75 Å². The Bertz CT molecular complexity index is 976. The van der Waals surface area contributed by atoms with Crippen LogP contribution in [0.15, 0.2) is 47.0 Å². The van der Waals surface area contributed by atoms with Crippen molar-refractivity contribution < 1.29 is 13.5 Å². The molecule has 1 atom stereocenters.